The van der Waals surface area contributed by atoms with Gasteiger partial charge in [0, 0.05) is 31.8 Å². The zero-order chi connectivity index (χ0) is 15.6. The van der Waals surface area contributed by atoms with Gasteiger partial charge in [-0.3, -0.25) is 10.1 Å². The fourth-order valence-corrected chi connectivity index (χ4v) is 4.08. The molecule has 21 heavy (non-hydrogen) atoms. The van der Waals surface area contributed by atoms with Gasteiger partial charge in [-0.2, -0.15) is 4.31 Å². The summed E-state index contributed by atoms with van der Waals surface area (Å²) in [6.07, 6.45) is 1.24. The number of nitrogens with two attached hydrogens (primary N) is 1. The lowest BCUT2D eigenvalue weighted by Crippen LogP contribution is -2.29. The van der Waals surface area contributed by atoms with E-state index in [1.54, 1.807) is 0 Å². The van der Waals surface area contributed by atoms with Crippen molar-refractivity contribution in [2.75, 3.05) is 25.4 Å². The van der Waals surface area contributed by atoms with E-state index in [0.29, 0.717) is 25.9 Å². The van der Waals surface area contributed by atoms with Crippen molar-refractivity contribution < 1.29 is 18.4 Å². The molecule has 3 N–H and O–H groups in total. The highest BCUT2D eigenvalue weighted by atomic mass is 32.2. The molecule has 0 amide bonds. The Balaban J connectivity index is 2.26. The van der Waals surface area contributed by atoms with Crippen molar-refractivity contribution in [3.8, 4) is 0 Å². The fraction of sp³-hybridized carbons (Fsp3) is 0.500. The van der Waals surface area contributed by atoms with Crippen molar-refractivity contribution in [2.24, 2.45) is 5.92 Å². The van der Waals surface area contributed by atoms with Gasteiger partial charge >= 0.3 is 0 Å². The number of nitrogens with zero attached hydrogens (tertiary/aromatic N) is 2. The van der Waals surface area contributed by atoms with E-state index in [2.05, 4.69) is 0 Å². The number of aliphatic hydroxyl groups is 1. The predicted molar refractivity (Wildman–Crippen MR) is 76.1 cm³/mol. The maximum atomic E-state index is 12.5. The van der Waals surface area contributed by atoms with Crippen LogP contribution >= 0.6 is 0 Å². The smallest absolute Gasteiger partial charge is 0.271 e. The Morgan fingerprint density at radius 2 is 2.19 bits per heavy atom. The number of nitro groups is 1. The molecule has 1 aliphatic heterocycles. The molecule has 0 saturated carbocycles. The lowest BCUT2D eigenvalue weighted by Gasteiger charge is -2.17. The third-order valence-electron chi connectivity index (χ3n) is 3.61. The van der Waals surface area contributed by atoms with E-state index in [-0.39, 0.29) is 28.8 Å². The Kier molecular flexibility index (Phi) is 4.45. The molecule has 1 saturated heterocycles. The van der Waals surface area contributed by atoms with E-state index in [1.807, 2.05) is 0 Å². The van der Waals surface area contributed by atoms with Crippen molar-refractivity contribution in [3.05, 3.63) is 28.3 Å². The van der Waals surface area contributed by atoms with Gasteiger partial charge in [-0.1, -0.05) is 0 Å². The molecule has 8 nitrogen and oxygen atoms in total. The van der Waals surface area contributed by atoms with E-state index in [4.69, 9.17) is 10.8 Å². The Bertz CT molecular complexity index is 646. The molecule has 0 spiro atoms. The summed E-state index contributed by atoms with van der Waals surface area (Å²) in [7, 11) is -3.76. The fourth-order valence-electron chi connectivity index (χ4n) is 2.46. The van der Waals surface area contributed by atoms with Crippen molar-refractivity contribution in [1.29, 1.82) is 0 Å². The second kappa shape index (κ2) is 5.96. The van der Waals surface area contributed by atoms with Crippen LogP contribution in [0.4, 0.5) is 11.4 Å². The van der Waals surface area contributed by atoms with Gasteiger partial charge in [0.25, 0.3) is 5.69 Å². The molecule has 0 aliphatic carbocycles. The number of hydrogen-bond donors (Lipinski definition) is 2. The zero-order valence-electron chi connectivity index (χ0n) is 11.3. The highest BCUT2D eigenvalue weighted by Crippen LogP contribution is 2.30. The second-order valence-corrected chi connectivity index (χ2v) is 6.92. The maximum Gasteiger partial charge on any atom is 0.271 e. The van der Waals surface area contributed by atoms with E-state index < -0.39 is 14.9 Å². The number of hydrogen-bond acceptors (Lipinski definition) is 6. The van der Waals surface area contributed by atoms with E-state index >= 15 is 0 Å². The van der Waals surface area contributed by atoms with E-state index in [0.717, 1.165) is 12.1 Å². The van der Waals surface area contributed by atoms with E-state index in [9.17, 15) is 18.5 Å². The number of benzene rings is 1. The number of sulfonamides is 1. The first-order chi connectivity index (χ1) is 9.86. The average molecular weight is 315 g/mol. The third kappa shape index (κ3) is 3.14. The van der Waals surface area contributed by atoms with Crippen LogP contribution in [0.25, 0.3) is 0 Å². The van der Waals surface area contributed by atoms with E-state index in [1.165, 1.54) is 10.4 Å². The number of rotatable bonds is 5. The Morgan fingerprint density at radius 1 is 1.48 bits per heavy atom. The minimum Gasteiger partial charge on any atom is -0.397 e. The SMILES string of the molecule is Nc1cc([N+](=O)[O-])ccc1S(=O)(=O)N1CCC(CCO)C1. The molecule has 1 aromatic rings. The molecule has 2 rings (SSSR count). The maximum absolute atomic E-state index is 12.5. The highest BCUT2D eigenvalue weighted by molar-refractivity contribution is 7.89. The molecule has 1 aromatic carbocycles. The van der Waals surface area contributed by atoms with Crippen molar-refractivity contribution in [2.45, 2.75) is 17.7 Å². The van der Waals surface area contributed by atoms with Crippen LogP contribution in [0.3, 0.4) is 0 Å². The topological polar surface area (TPSA) is 127 Å². The van der Waals surface area contributed by atoms with Crippen LogP contribution < -0.4 is 5.73 Å². The molecule has 1 fully saturated rings. The summed E-state index contributed by atoms with van der Waals surface area (Å²) in [5.74, 6) is 0.129. The van der Waals surface area contributed by atoms with Crippen molar-refractivity contribution in [1.82, 2.24) is 4.31 Å². The Hall–Kier alpha value is -1.71. The summed E-state index contributed by atoms with van der Waals surface area (Å²) in [4.78, 5) is 9.91. The van der Waals surface area contributed by atoms with Gasteiger partial charge in [0.15, 0.2) is 0 Å². The standard InChI is InChI=1S/C12H17N3O5S/c13-11-7-10(15(17)18)1-2-12(11)21(19,20)14-5-3-9(8-14)4-6-16/h1-2,7,9,16H,3-6,8,13H2. The lowest BCUT2D eigenvalue weighted by molar-refractivity contribution is -0.384. The van der Waals surface area contributed by atoms with Crippen LogP contribution in [0.2, 0.25) is 0 Å². The first kappa shape index (κ1) is 15.7. The van der Waals surface area contributed by atoms with Gasteiger partial charge in [0.1, 0.15) is 4.90 Å². The van der Waals surface area contributed by atoms with Gasteiger partial charge in [-0.25, -0.2) is 8.42 Å². The van der Waals surface area contributed by atoms with Crippen LogP contribution in [0.15, 0.2) is 23.1 Å². The van der Waals surface area contributed by atoms with Gasteiger partial charge < -0.3 is 10.8 Å². The normalized spacial score (nSPS) is 19.8. The molecule has 1 unspecified atom stereocenters. The highest BCUT2D eigenvalue weighted by Gasteiger charge is 2.33. The van der Waals surface area contributed by atoms with Crippen LogP contribution in [-0.2, 0) is 10.0 Å². The Morgan fingerprint density at radius 3 is 2.76 bits per heavy atom. The summed E-state index contributed by atoms with van der Waals surface area (Å²) in [6, 6.07) is 3.35. The number of aliphatic hydroxyl groups excluding tert-OH is 1. The zero-order valence-corrected chi connectivity index (χ0v) is 12.1. The van der Waals surface area contributed by atoms with Crippen LogP contribution in [0.1, 0.15) is 12.8 Å². The van der Waals surface area contributed by atoms with Gasteiger partial charge in [-0.15, -0.1) is 0 Å². The molecule has 1 aliphatic rings. The van der Waals surface area contributed by atoms with Crippen molar-refractivity contribution >= 4 is 21.4 Å². The monoisotopic (exact) mass is 315 g/mol. The average Bonchev–Trinajstić information content (AvgIpc) is 2.88. The minimum atomic E-state index is -3.76. The van der Waals surface area contributed by atoms with Crippen LogP contribution in [0, 0.1) is 16.0 Å². The number of nitro benzene ring substituents is 1. The summed E-state index contributed by atoms with van der Waals surface area (Å²) < 4.78 is 26.3. The molecule has 0 aromatic heterocycles. The first-order valence-electron chi connectivity index (χ1n) is 6.51. The van der Waals surface area contributed by atoms with Gasteiger partial charge in [0.2, 0.25) is 10.0 Å². The summed E-state index contributed by atoms with van der Waals surface area (Å²) in [6.45, 7) is 0.723. The predicted octanol–water partition coefficient (Wildman–Crippen LogP) is 0.570. The molecule has 0 radical (unpaired) electrons. The van der Waals surface area contributed by atoms with Gasteiger partial charge in [0.05, 0.1) is 10.6 Å². The molecule has 116 valence electrons. The minimum absolute atomic E-state index is 0.0260. The van der Waals surface area contributed by atoms with Crippen LogP contribution in [-0.4, -0.2) is 42.4 Å². The largest absolute Gasteiger partial charge is 0.397 e. The molecule has 9 heteroatoms. The third-order valence-corrected chi connectivity index (χ3v) is 5.55. The second-order valence-electron chi connectivity index (χ2n) is 5.01. The summed E-state index contributed by atoms with van der Waals surface area (Å²) >= 11 is 0. The molecule has 1 atom stereocenters. The molecule has 0 bridgehead atoms. The molecule has 1 heterocycles. The van der Waals surface area contributed by atoms with Gasteiger partial charge in [-0.05, 0) is 24.8 Å². The Labute approximate surface area is 122 Å². The number of non-ortho nitro benzene ring substituents is 1. The molecular weight excluding hydrogens is 298 g/mol. The summed E-state index contributed by atoms with van der Waals surface area (Å²) in [5, 5.41) is 19.6. The molecular formula is C12H17N3O5S. The number of anilines is 1. The first-order valence-corrected chi connectivity index (χ1v) is 7.95. The lowest BCUT2D eigenvalue weighted by atomic mass is 10.1. The quantitative estimate of drug-likeness (QED) is 0.464. The number of nitrogen functional groups attached to an aromatic ring is 1. The van der Waals surface area contributed by atoms with Crippen molar-refractivity contribution in [3.63, 3.8) is 0 Å². The summed E-state index contributed by atoms with van der Waals surface area (Å²) in [5.41, 5.74) is 5.28. The van der Waals surface area contributed by atoms with Crippen LogP contribution in [0.5, 0.6) is 0 Å².